The fourth-order valence-corrected chi connectivity index (χ4v) is 2.90. The summed E-state index contributed by atoms with van der Waals surface area (Å²) in [5, 5.41) is 15.2. The minimum absolute atomic E-state index is 0.0407. The van der Waals surface area contributed by atoms with Crippen LogP contribution in [0, 0.1) is 5.41 Å². The topological polar surface area (TPSA) is 78.4 Å². The predicted octanol–water partition coefficient (Wildman–Crippen LogP) is 1.47. The molecular weight excluding hydrogens is 280 g/mol. The maximum atomic E-state index is 12.3. The second-order valence-corrected chi connectivity index (χ2v) is 6.33. The highest BCUT2D eigenvalue weighted by atomic mass is 16.3. The lowest BCUT2D eigenvalue weighted by molar-refractivity contribution is -0.124. The van der Waals surface area contributed by atoms with Crippen LogP contribution in [0.5, 0.6) is 0 Å². The first-order valence-electron chi connectivity index (χ1n) is 7.73. The molecule has 1 aromatic rings. The molecule has 2 amide bonds. The molecule has 3 unspecified atom stereocenters. The van der Waals surface area contributed by atoms with E-state index >= 15 is 0 Å². The molecular formula is C17H24N2O3. The van der Waals surface area contributed by atoms with Crippen LogP contribution in [-0.4, -0.2) is 35.6 Å². The van der Waals surface area contributed by atoms with Crippen LogP contribution in [0.2, 0.25) is 0 Å². The molecule has 0 heterocycles. The summed E-state index contributed by atoms with van der Waals surface area (Å²) >= 11 is 0. The van der Waals surface area contributed by atoms with Gasteiger partial charge in [0.05, 0.1) is 6.61 Å². The molecule has 0 aromatic heterocycles. The fraction of sp³-hybridized carbons (Fsp3) is 0.529. The molecule has 120 valence electrons. The zero-order valence-electron chi connectivity index (χ0n) is 13.1. The number of rotatable bonds is 5. The molecule has 0 aliphatic heterocycles. The number of hydrogen-bond acceptors (Lipinski definition) is 3. The molecule has 1 aliphatic carbocycles. The number of aliphatic hydroxyl groups is 1. The molecule has 1 saturated carbocycles. The number of carbonyl (C=O) groups is 2. The Bertz CT molecular complexity index is 532. The average Bonchev–Trinajstić information content (AvgIpc) is 2.89. The number of hydrogen-bond donors (Lipinski definition) is 3. The Hall–Kier alpha value is -1.88. The van der Waals surface area contributed by atoms with Gasteiger partial charge in [-0.2, -0.15) is 0 Å². The van der Waals surface area contributed by atoms with Crippen LogP contribution in [0.4, 0.5) is 0 Å². The fourth-order valence-electron chi connectivity index (χ4n) is 2.90. The van der Waals surface area contributed by atoms with Gasteiger partial charge in [0.15, 0.2) is 0 Å². The number of carbonyl (C=O) groups excluding carboxylic acids is 2. The summed E-state index contributed by atoms with van der Waals surface area (Å²) in [6.45, 7) is 3.71. The minimum atomic E-state index is -0.615. The van der Waals surface area contributed by atoms with Crippen molar-refractivity contribution in [1.82, 2.24) is 10.6 Å². The SMILES string of the molecule is CC(NC(=O)c1ccccc1)C(=O)NC1CCCC1(C)CO. The number of aliphatic hydroxyl groups excluding tert-OH is 1. The van der Waals surface area contributed by atoms with Crippen molar-refractivity contribution in [1.29, 1.82) is 0 Å². The van der Waals surface area contributed by atoms with Gasteiger partial charge in [0, 0.05) is 17.0 Å². The highest BCUT2D eigenvalue weighted by Crippen LogP contribution is 2.37. The molecule has 1 fully saturated rings. The Labute approximate surface area is 131 Å². The van der Waals surface area contributed by atoms with Crippen molar-refractivity contribution in [3.63, 3.8) is 0 Å². The maximum absolute atomic E-state index is 12.3. The third-order valence-corrected chi connectivity index (χ3v) is 4.54. The van der Waals surface area contributed by atoms with Crippen molar-refractivity contribution in [2.24, 2.45) is 5.41 Å². The van der Waals surface area contributed by atoms with Crippen LogP contribution >= 0.6 is 0 Å². The number of nitrogens with one attached hydrogen (secondary N) is 2. The third kappa shape index (κ3) is 3.65. The van der Waals surface area contributed by atoms with E-state index in [-0.39, 0.29) is 29.9 Å². The summed E-state index contributed by atoms with van der Waals surface area (Å²) in [7, 11) is 0. The third-order valence-electron chi connectivity index (χ3n) is 4.54. The van der Waals surface area contributed by atoms with Gasteiger partial charge in [-0.05, 0) is 31.9 Å². The van der Waals surface area contributed by atoms with Crippen molar-refractivity contribution in [2.75, 3.05) is 6.61 Å². The van der Waals surface area contributed by atoms with Crippen molar-refractivity contribution >= 4 is 11.8 Å². The van der Waals surface area contributed by atoms with E-state index in [9.17, 15) is 14.7 Å². The van der Waals surface area contributed by atoms with Crippen molar-refractivity contribution < 1.29 is 14.7 Å². The van der Waals surface area contributed by atoms with E-state index < -0.39 is 6.04 Å². The maximum Gasteiger partial charge on any atom is 0.251 e. The van der Waals surface area contributed by atoms with Crippen molar-refractivity contribution in [3.05, 3.63) is 35.9 Å². The largest absolute Gasteiger partial charge is 0.396 e. The van der Waals surface area contributed by atoms with Crippen LogP contribution in [0.1, 0.15) is 43.5 Å². The Morgan fingerprint density at radius 3 is 2.68 bits per heavy atom. The molecule has 1 aliphatic rings. The second-order valence-electron chi connectivity index (χ2n) is 6.33. The summed E-state index contributed by atoms with van der Waals surface area (Å²) < 4.78 is 0. The molecule has 0 bridgehead atoms. The van der Waals surface area contributed by atoms with Gasteiger partial charge in [-0.3, -0.25) is 9.59 Å². The molecule has 0 radical (unpaired) electrons. The minimum Gasteiger partial charge on any atom is -0.396 e. The first-order valence-corrected chi connectivity index (χ1v) is 7.73. The van der Waals surface area contributed by atoms with E-state index in [1.807, 2.05) is 13.0 Å². The van der Waals surface area contributed by atoms with Crippen LogP contribution in [0.15, 0.2) is 30.3 Å². The first-order chi connectivity index (χ1) is 10.5. The molecule has 3 atom stereocenters. The molecule has 0 saturated heterocycles. The molecule has 5 nitrogen and oxygen atoms in total. The highest BCUT2D eigenvalue weighted by Gasteiger charge is 2.39. The molecule has 2 rings (SSSR count). The van der Waals surface area contributed by atoms with E-state index in [1.165, 1.54) is 0 Å². The van der Waals surface area contributed by atoms with Crippen LogP contribution < -0.4 is 10.6 Å². The van der Waals surface area contributed by atoms with E-state index in [2.05, 4.69) is 10.6 Å². The Morgan fingerprint density at radius 1 is 1.36 bits per heavy atom. The van der Waals surface area contributed by atoms with E-state index in [1.54, 1.807) is 31.2 Å². The van der Waals surface area contributed by atoms with E-state index in [0.29, 0.717) is 5.56 Å². The van der Waals surface area contributed by atoms with Crippen LogP contribution in [0.3, 0.4) is 0 Å². The van der Waals surface area contributed by atoms with Gasteiger partial charge in [0.1, 0.15) is 6.04 Å². The van der Waals surface area contributed by atoms with Crippen LogP contribution in [-0.2, 0) is 4.79 Å². The smallest absolute Gasteiger partial charge is 0.251 e. The molecule has 3 N–H and O–H groups in total. The van der Waals surface area contributed by atoms with Crippen LogP contribution in [0.25, 0.3) is 0 Å². The quantitative estimate of drug-likeness (QED) is 0.771. The molecule has 1 aromatic carbocycles. The predicted molar refractivity (Wildman–Crippen MR) is 84.3 cm³/mol. The summed E-state index contributed by atoms with van der Waals surface area (Å²) in [5.41, 5.74) is 0.266. The standard InChI is InChI=1S/C17H24N2O3/c1-12(18-16(22)13-7-4-3-5-8-13)15(21)19-14-9-6-10-17(14,2)11-20/h3-5,7-8,12,14,20H,6,9-11H2,1-2H3,(H,18,22)(H,19,21). The lowest BCUT2D eigenvalue weighted by Gasteiger charge is -2.31. The normalized spacial score (nSPS) is 25.5. The van der Waals surface area contributed by atoms with Gasteiger partial charge in [0.2, 0.25) is 5.91 Å². The first kappa shape index (κ1) is 16.5. The number of benzene rings is 1. The van der Waals surface area contributed by atoms with Crippen molar-refractivity contribution in [3.8, 4) is 0 Å². The zero-order chi connectivity index (χ0) is 16.2. The summed E-state index contributed by atoms with van der Waals surface area (Å²) in [5.74, 6) is -0.476. The monoisotopic (exact) mass is 304 g/mol. The average molecular weight is 304 g/mol. The molecule has 0 spiro atoms. The molecule has 5 heteroatoms. The molecule has 22 heavy (non-hydrogen) atoms. The van der Waals surface area contributed by atoms with Gasteiger partial charge in [-0.25, -0.2) is 0 Å². The van der Waals surface area contributed by atoms with Crippen molar-refractivity contribution in [2.45, 2.75) is 45.2 Å². The second kappa shape index (κ2) is 6.92. The lowest BCUT2D eigenvalue weighted by Crippen LogP contribution is -2.51. The summed E-state index contributed by atoms with van der Waals surface area (Å²) in [4.78, 5) is 24.3. The van der Waals surface area contributed by atoms with Gasteiger partial charge in [-0.15, -0.1) is 0 Å². The van der Waals surface area contributed by atoms with E-state index in [4.69, 9.17) is 0 Å². The van der Waals surface area contributed by atoms with Gasteiger partial charge in [0.25, 0.3) is 5.91 Å². The van der Waals surface area contributed by atoms with Gasteiger partial charge < -0.3 is 15.7 Å². The number of amides is 2. The Balaban J connectivity index is 1.91. The lowest BCUT2D eigenvalue weighted by atomic mass is 9.85. The Kier molecular flexibility index (Phi) is 5.19. The van der Waals surface area contributed by atoms with Gasteiger partial charge in [-0.1, -0.05) is 31.5 Å². The highest BCUT2D eigenvalue weighted by molar-refractivity contribution is 5.97. The summed E-state index contributed by atoms with van der Waals surface area (Å²) in [6, 6.07) is 8.16. The van der Waals surface area contributed by atoms with E-state index in [0.717, 1.165) is 19.3 Å². The van der Waals surface area contributed by atoms with Gasteiger partial charge >= 0.3 is 0 Å². The zero-order valence-corrected chi connectivity index (χ0v) is 13.1. The summed E-state index contributed by atoms with van der Waals surface area (Å²) in [6.07, 6.45) is 2.76. The Morgan fingerprint density at radius 2 is 2.05 bits per heavy atom.